The minimum atomic E-state index is -4.81. The molecule has 1 unspecified atom stereocenters. The van der Waals surface area contributed by atoms with Gasteiger partial charge in [-0.3, -0.25) is 0 Å². The summed E-state index contributed by atoms with van der Waals surface area (Å²) in [6, 6.07) is 5.50. The van der Waals surface area contributed by atoms with Crippen molar-refractivity contribution < 1.29 is 31.1 Å². The zero-order chi connectivity index (χ0) is 16.4. The Hall–Kier alpha value is -1.84. The average Bonchev–Trinajstić information content (AvgIpc) is 2.98. The molecule has 0 aliphatic rings. The molecule has 120 valence electrons. The fourth-order valence-electron chi connectivity index (χ4n) is 1.86. The first-order valence-corrected chi connectivity index (χ1v) is 7.57. The van der Waals surface area contributed by atoms with Crippen molar-refractivity contribution in [2.45, 2.75) is 17.1 Å². The lowest BCUT2D eigenvalue weighted by atomic mass is 10.2. The second kappa shape index (κ2) is 6.11. The summed E-state index contributed by atoms with van der Waals surface area (Å²) in [4.78, 5) is -0.910. The largest absolute Gasteiger partial charge is 0.468 e. The maximum absolute atomic E-state index is 12.9. The number of halogens is 3. The SMILES string of the molecule is O=S(=O)(NC(CO)c1ccco1)c1ccccc1C(F)(F)F. The van der Waals surface area contributed by atoms with Gasteiger partial charge in [-0.25, -0.2) is 8.42 Å². The average molecular weight is 335 g/mol. The first kappa shape index (κ1) is 16.5. The predicted octanol–water partition coefficient (Wildman–Crippen LogP) is 2.31. The number of hydrogen-bond donors (Lipinski definition) is 2. The van der Waals surface area contributed by atoms with E-state index in [1.807, 2.05) is 4.72 Å². The van der Waals surface area contributed by atoms with Gasteiger partial charge in [0.05, 0.1) is 23.3 Å². The van der Waals surface area contributed by atoms with Gasteiger partial charge < -0.3 is 9.52 Å². The summed E-state index contributed by atoms with van der Waals surface area (Å²) in [5, 5.41) is 9.23. The van der Waals surface area contributed by atoms with Crippen LogP contribution in [0.1, 0.15) is 17.4 Å². The predicted molar refractivity (Wildman–Crippen MR) is 70.3 cm³/mol. The van der Waals surface area contributed by atoms with Gasteiger partial charge in [-0.05, 0) is 24.3 Å². The molecule has 2 aromatic rings. The summed E-state index contributed by atoms with van der Waals surface area (Å²) < 4.78 is 70.1. The second-order valence-electron chi connectivity index (χ2n) is 4.37. The summed E-state index contributed by atoms with van der Waals surface area (Å²) in [5.74, 6) is 0.0931. The highest BCUT2D eigenvalue weighted by atomic mass is 32.2. The molecule has 0 aliphatic carbocycles. The number of benzene rings is 1. The molecule has 0 saturated heterocycles. The van der Waals surface area contributed by atoms with E-state index in [1.165, 1.54) is 24.5 Å². The smallest absolute Gasteiger partial charge is 0.417 e. The Kier molecular flexibility index (Phi) is 4.59. The number of rotatable bonds is 5. The highest BCUT2D eigenvalue weighted by molar-refractivity contribution is 7.89. The van der Waals surface area contributed by atoms with Crippen molar-refractivity contribution in [2.75, 3.05) is 6.61 Å². The lowest BCUT2D eigenvalue weighted by Crippen LogP contribution is -2.32. The van der Waals surface area contributed by atoms with Crippen LogP contribution in [0.3, 0.4) is 0 Å². The molecule has 2 N–H and O–H groups in total. The Morgan fingerprint density at radius 2 is 1.86 bits per heavy atom. The van der Waals surface area contributed by atoms with E-state index in [1.54, 1.807) is 0 Å². The van der Waals surface area contributed by atoms with Crippen LogP contribution in [-0.4, -0.2) is 20.1 Å². The minimum Gasteiger partial charge on any atom is -0.468 e. The summed E-state index contributed by atoms with van der Waals surface area (Å²) in [6.07, 6.45) is -3.55. The lowest BCUT2D eigenvalue weighted by Gasteiger charge is -2.17. The van der Waals surface area contributed by atoms with E-state index in [9.17, 15) is 26.7 Å². The van der Waals surface area contributed by atoms with E-state index < -0.39 is 39.3 Å². The van der Waals surface area contributed by atoms with Crippen molar-refractivity contribution >= 4 is 10.0 Å². The van der Waals surface area contributed by atoms with E-state index in [0.717, 1.165) is 12.1 Å². The summed E-state index contributed by atoms with van der Waals surface area (Å²) >= 11 is 0. The van der Waals surface area contributed by atoms with Gasteiger partial charge in [0.15, 0.2) is 0 Å². The molecule has 1 aromatic heterocycles. The van der Waals surface area contributed by atoms with Crippen LogP contribution in [0.4, 0.5) is 13.2 Å². The first-order valence-electron chi connectivity index (χ1n) is 6.08. The van der Waals surface area contributed by atoms with Gasteiger partial charge in [0.2, 0.25) is 10.0 Å². The first-order chi connectivity index (χ1) is 10.3. The molecule has 1 atom stereocenters. The molecule has 0 aliphatic heterocycles. The van der Waals surface area contributed by atoms with Crippen LogP contribution in [-0.2, 0) is 16.2 Å². The molecule has 2 rings (SSSR count). The van der Waals surface area contributed by atoms with E-state index in [-0.39, 0.29) is 5.76 Å². The summed E-state index contributed by atoms with van der Waals surface area (Å²) in [7, 11) is -4.50. The highest BCUT2D eigenvalue weighted by Crippen LogP contribution is 2.34. The maximum atomic E-state index is 12.9. The number of aliphatic hydroxyl groups excluding tert-OH is 1. The van der Waals surface area contributed by atoms with Gasteiger partial charge in [0, 0.05) is 0 Å². The molecule has 0 amide bonds. The van der Waals surface area contributed by atoms with E-state index in [4.69, 9.17) is 4.42 Å². The Labute approximate surface area is 124 Å². The number of hydrogen-bond acceptors (Lipinski definition) is 4. The fourth-order valence-corrected chi connectivity index (χ4v) is 3.28. The zero-order valence-corrected chi connectivity index (χ0v) is 11.9. The molecule has 9 heteroatoms. The molecular weight excluding hydrogens is 323 g/mol. The molecular formula is C13H12F3NO4S. The monoisotopic (exact) mass is 335 g/mol. The lowest BCUT2D eigenvalue weighted by molar-refractivity contribution is -0.139. The zero-order valence-electron chi connectivity index (χ0n) is 11.0. The third-order valence-electron chi connectivity index (χ3n) is 2.85. The van der Waals surface area contributed by atoms with Gasteiger partial charge in [0.1, 0.15) is 11.8 Å². The number of alkyl halides is 3. The molecule has 0 bridgehead atoms. The van der Waals surface area contributed by atoms with Gasteiger partial charge >= 0.3 is 6.18 Å². The van der Waals surface area contributed by atoms with Crippen molar-refractivity contribution in [1.82, 2.24) is 4.72 Å². The third-order valence-corrected chi connectivity index (χ3v) is 4.38. The van der Waals surface area contributed by atoms with E-state index >= 15 is 0 Å². The minimum absolute atomic E-state index is 0.0931. The van der Waals surface area contributed by atoms with Crippen LogP contribution in [0.25, 0.3) is 0 Å². The molecule has 0 fully saturated rings. The van der Waals surface area contributed by atoms with Crippen LogP contribution >= 0.6 is 0 Å². The van der Waals surface area contributed by atoms with Crippen LogP contribution in [0.2, 0.25) is 0 Å². The number of aliphatic hydroxyl groups is 1. The highest BCUT2D eigenvalue weighted by Gasteiger charge is 2.37. The molecule has 22 heavy (non-hydrogen) atoms. The van der Waals surface area contributed by atoms with Crippen molar-refractivity contribution in [3.8, 4) is 0 Å². The van der Waals surface area contributed by atoms with Gasteiger partial charge in [0.25, 0.3) is 0 Å². The summed E-state index contributed by atoms with van der Waals surface area (Å²) in [6.45, 7) is -0.666. The number of furan rings is 1. The fraction of sp³-hybridized carbons (Fsp3) is 0.231. The molecule has 1 aromatic carbocycles. The van der Waals surface area contributed by atoms with Crippen LogP contribution in [0.5, 0.6) is 0 Å². The van der Waals surface area contributed by atoms with E-state index in [2.05, 4.69) is 0 Å². The van der Waals surface area contributed by atoms with Gasteiger partial charge in [-0.2, -0.15) is 17.9 Å². The Morgan fingerprint density at radius 1 is 1.18 bits per heavy atom. The van der Waals surface area contributed by atoms with Crippen molar-refractivity contribution in [3.05, 3.63) is 54.0 Å². The van der Waals surface area contributed by atoms with Gasteiger partial charge in [-0.15, -0.1) is 0 Å². The molecule has 0 spiro atoms. The molecule has 0 radical (unpaired) electrons. The number of nitrogens with one attached hydrogen (secondary N) is 1. The molecule has 1 heterocycles. The van der Waals surface area contributed by atoms with Crippen molar-refractivity contribution in [1.29, 1.82) is 0 Å². The van der Waals surface area contributed by atoms with Crippen LogP contribution < -0.4 is 4.72 Å². The standard InChI is InChI=1S/C13H12F3NO4S/c14-13(15,16)9-4-1-2-6-12(9)22(19,20)17-10(8-18)11-5-3-7-21-11/h1-7,10,17-18H,8H2. The quantitative estimate of drug-likeness (QED) is 0.879. The Balaban J connectivity index is 2.39. The normalized spacial score (nSPS) is 14.0. The maximum Gasteiger partial charge on any atom is 0.417 e. The molecule has 5 nitrogen and oxygen atoms in total. The van der Waals surface area contributed by atoms with Crippen molar-refractivity contribution in [2.24, 2.45) is 0 Å². The topological polar surface area (TPSA) is 79.5 Å². The summed E-state index contributed by atoms with van der Waals surface area (Å²) in [5.41, 5.74) is -1.28. The third kappa shape index (κ3) is 3.49. The number of sulfonamides is 1. The second-order valence-corrected chi connectivity index (χ2v) is 6.05. The van der Waals surface area contributed by atoms with E-state index in [0.29, 0.717) is 6.07 Å². The van der Waals surface area contributed by atoms with Crippen molar-refractivity contribution in [3.63, 3.8) is 0 Å². The van der Waals surface area contributed by atoms with Crippen LogP contribution in [0.15, 0.2) is 52.0 Å². The van der Waals surface area contributed by atoms with Crippen LogP contribution in [0, 0.1) is 0 Å². The Morgan fingerprint density at radius 3 is 2.41 bits per heavy atom. The molecule has 0 saturated carbocycles. The Bertz CT molecular complexity index is 726. The van der Waals surface area contributed by atoms with Gasteiger partial charge in [-0.1, -0.05) is 12.1 Å².